The second-order valence-electron chi connectivity index (χ2n) is 8.63. The molecule has 2 amide bonds. The number of anilines is 2. The van der Waals surface area contributed by atoms with Crippen LogP contribution in [0.4, 0.5) is 16.2 Å². The average molecular weight is 491 g/mol. The van der Waals surface area contributed by atoms with Gasteiger partial charge >= 0.3 is 6.03 Å². The first-order valence-electron chi connectivity index (χ1n) is 11.8. The molecule has 2 saturated heterocycles. The smallest absolute Gasteiger partial charge is 0.321 e. The van der Waals surface area contributed by atoms with Gasteiger partial charge in [-0.3, -0.25) is 0 Å². The van der Waals surface area contributed by atoms with Crippen LogP contribution in [0.1, 0.15) is 25.7 Å². The molecular weight excluding hydrogens is 459 g/mol. The number of nitrogens with zero attached hydrogens (tertiary/aromatic N) is 3. The zero-order chi connectivity index (χ0) is 23.0. The van der Waals surface area contributed by atoms with Crippen LogP contribution in [-0.2, 0) is 0 Å². The summed E-state index contributed by atoms with van der Waals surface area (Å²) in [6, 6.07) is 13.2. The van der Waals surface area contributed by atoms with Crippen molar-refractivity contribution in [3.8, 4) is 5.75 Å². The lowest BCUT2D eigenvalue weighted by Gasteiger charge is -2.36. The van der Waals surface area contributed by atoms with Gasteiger partial charge in [-0.1, -0.05) is 35.7 Å². The molecule has 2 aliphatic rings. The topological polar surface area (TPSA) is 48.1 Å². The number of halogens is 2. The van der Waals surface area contributed by atoms with Crippen LogP contribution >= 0.6 is 23.2 Å². The third-order valence-electron chi connectivity index (χ3n) is 6.26. The first kappa shape index (κ1) is 24.0. The van der Waals surface area contributed by atoms with Crippen molar-refractivity contribution in [3.63, 3.8) is 0 Å². The Kier molecular flexibility index (Phi) is 8.59. The minimum absolute atomic E-state index is 0.126. The Hall–Kier alpha value is -2.15. The van der Waals surface area contributed by atoms with E-state index >= 15 is 0 Å². The first-order valence-corrected chi connectivity index (χ1v) is 12.6. The number of carbonyl (C=O) groups is 1. The molecular formula is C25H32Cl2N4O2. The van der Waals surface area contributed by atoms with E-state index in [1.165, 1.54) is 32.4 Å². The Morgan fingerprint density at radius 1 is 0.909 bits per heavy atom. The molecule has 178 valence electrons. The van der Waals surface area contributed by atoms with E-state index in [1.54, 1.807) is 18.2 Å². The van der Waals surface area contributed by atoms with Crippen molar-refractivity contribution in [2.75, 3.05) is 62.6 Å². The van der Waals surface area contributed by atoms with Crippen LogP contribution < -0.4 is 15.0 Å². The number of urea groups is 1. The van der Waals surface area contributed by atoms with E-state index in [4.69, 9.17) is 27.9 Å². The highest BCUT2D eigenvalue weighted by Crippen LogP contribution is 2.26. The van der Waals surface area contributed by atoms with Gasteiger partial charge in [0.2, 0.25) is 0 Å². The fourth-order valence-corrected chi connectivity index (χ4v) is 4.67. The van der Waals surface area contributed by atoms with Gasteiger partial charge in [0, 0.05) is 50.2 Å². The summed E-state index contributed by atoms with van der Waals surface area (Å²) in [5, 5.41) is 3.79. The van der Waals surface area contributed by atoms with E-state index in [-0.39, 0.29) is 6.03 Å². The number of rotatable bonds is 7. The molecule has 0 aromatic heterocycles. The van der Waals surface area contributed by atoms with Gasteiger partial charge in [0.1, 0.15) is 5.75 Å². The lowest BCUT2D eigenvalue weighted by molar-refractivity contribution is 0.205. The largest absolute Gasteiger partial charge is 0.493 e. The van der Waals surface area contributed by atoms with E-state index < -0.39 is 0 Å². The Balaban J connectivity index is 1.22. The predicted octanol–water partition coefficient (Wildman–Crippen LogP) is 5.60. The van der Waals surface area contributed by atoms with Crippen molar-refractivity contribution >= 4 is 40.6 Å². The summed E-state index contributed by atoms with van der Waals surface area (Å²) < 4.78 is 6.02. The minimum Gasteiger partial charge on any atom is -0.493 e. The maximum Gasteiger partial charge on any atom is 0.321 e. The normalized spacial score (nSPS) is 17.2. The van der Waals surface area contributed by atoms with Crippen molar-refractivity contribution in [2.45, 2.75) is 25.7 Å². The average Bonchev–Trinajstić information content (AvgIpc) is 2.85. The fourth-order valence-electron chi connectivity index (χ4n) is 4.38. The molecule has 6 nitrogen and oxygen atoms in total. The van der Waals surface area contributed by atoms with Gasteiger partial charge in [-0.25, -0.2) is 4.79 Å². The number of nitrogens with one attached hydrogen (secondary N) is 1. The number of hydrogen-bond acceptors (Lipinski definition) is 4. The molecule has 0 spiro atoms. The molecule has 0 aliphatic carbocycles. The molecule has 33 heavy (non-hydrogen) atoms. The minimum atomic E-state index is -0.126. The summed E-state index contributed by atoms with van der Waals surface area (Å²) >= 11 is 12.0. The Bertz CT molecular complexity index is 928. The van der Waals surface area contributed by atoms with Gasteiger partial charge in [0.05, 0.1) is 16.7 Å². The molecule has 2 aromatic rings. The maximum absolute atomic E-state index is 12.6. The standard InChI is InChI=1S/C25H32Cl2N4O2/c26-23-9-8-20(18-24(23)27)28-25(32)31-15-13-30(14-16-31)21-6-4-7-22(19-21)33-17-5-12-29-10-2-1-3-11-29/h4,6-9,18-19H,1-3,5,10-17H2,(H,28,32). The molecule has 0 bridgehead atoms. The number of hydrogen-bond donors (Lipinski definition) is 1. The van der Waals surface area contributed by atoms with Crippen molar-refractivity contribution in [1.29, 1.82) is 0 Å². The zero-order valence-electron chi connectivity index (χ0n) is 18.9. The second kappa shape index (κ2) is 11.8. The highest BCUT2D eigenvalue weighted by molar-refractivity contribution is 6.42. The Labute approximate surface area is 206 Å². The van der Waals surface area contributed by atoms with Crippen LogP contribution in [0.2, 0.25) is 10.0 Å². The summed E-state index contributed by atoms with van der Waals surface area (Å²) in [5.41, 5.74) is 1.77. The van der Waals surface area contributed by atoms with Crippen molar-refractivity contribution in [3.05, 3.63) is 52.5 Å². The third-order valence-corrected chi connectivity index (χ3v) is 7.00. The number of ether oxygens (including phenoxy) is 1. The number of piperidine rings is 1. The lowest BCUT2D eigenvalue weighted by atomic mass is 10.1. The predicted molar refractivity (Wildman–Crippen MR) is 136 cm³/mol. The van der Waals surface area contributed by atoms with Crippen molar-refractivity contribution < 1.29 is 9.53 Å². The highest BCUT2D eigenvalue weighted by atomic mass is 35.5. The molecule has 0 saturated carbocycles. The molecule has 2 aliphatic heterocycles. The van der Waals surface area contributed by atoms with Gasteiger partial charge in [-0.05, 0) is 62.7 Å². The molecule has 4 rings (SSSR count). The molecule has 0 atom stereocenters. The fraction of sp³-hybridized carbons (Fsp3) is 0.480. The number of likely N-dealkylation sites (tertiary alicyclic amines) is 1. The maximum atomic E-state index is 12.6. The van der Waals surface area contributed by atoms with Crippen LogP contribution in [0.25, 0.3) is 0 Å². The van der Waals surface area contributed by atoms with Gasteiger partial charge in [-0.2, -0.15) is 0 Å². The van der Waals surface area contributed by atoms with Crippen LogP contribution in [0.15, 0.2) is 42.5 Å². The van der Waals surface area contributed by atoms with Gasteiger partial charge in [0.25, 0.3) is 0 Å². The summed E-state index contributed by atoms with van der Waals surface area (Å²) in [6.45, 7) is 7.15. The monoisotopic (exact) mass is 490 g/mol. The second-order valence-corrected chi connectivity index (χ2v) is 9.45. The van der Waals surface area contributed by atoms with E-state index in [0.29, 0.717) is 28.8 Å². The SMILES string of the molecule is O=C(Nc1ccc(Cl)c(Cl)c1)N1CCN(c2cccc(OCCCN3CCCCC3)c2)CC1. The summed E-state index contributed by atoms with van der Waals surface area (Å²) in [7, 11) is 0. The molecule has 8 heteroatoms. The molecule has 2 aromatic carbocycles. The van der Waals surface area contributed by atoms with Crippen LogP contribution in [0.3, 0.4) is 0 Å². The Morgan fingerprint density at radius 2 is 1.70 bits per heavy atom. The first-order chi connectivity index (χ1) is 16.1. The van der Waals surface area contributed by atoms with E-state index in [2.05, 4.69) is 27.2 Å². The Morgan fingerprint density at radius 3 is 2.45 bits per heavy atom. The number of amides is 2. The molecule has 0 radical (unpaired) electrons. The number of piperazine rings is 1. The van der Waals surface area contributed by atoms with E-state index in [9.17, 15) is 4.79 Å². The van der Waals surface area contributed by atoms with E-state index in [1.807, 2.05) is 17.0 Å². The van der Waals surface area contributed by atoms with Crippen LogP contribution in [0.5, 0.6) is 5.75 Å². The molecule has 2 heterocycles. The van der Waals surface area contributed by atoms with Gasteiger partial charge in [0.15, 0.2) is 0 Å². The highest BCUT2D eigenvalue weighted by Gasteiger charge is 2.22. The third kappa shape index (κ3) is 6.92. The molecule has 1 N–H and O–H groups in total. The van der Waals surface area contributed by atoms with E-state index in [0.717, 1.165) is 44.1 Å². The van der Waals surface area contributed by atoms with Crippen molar-refractivity contribution in [1.82, 2.24) is 9.80 Å². The van der Waals surface area contributed by atoms with Gasteiger partial charge < -0.3 is 24.8 Å². The summed E-state index contributed by atoms with van der Waals surface area (Å²) in [4.78, 5) is 19.3. The zero-order valence-corrected chi connectivity index (χ0v) is 20.5. The van der Waals surface area contributed by atoms with Crippen molar-refractivity contribution in [2.24, 2.45) is 0 Å². The lowest BCUT2D eigenvalue weighted by Crippen LogP contribution is -2.50. The number of carbonyl (C=O) groups excluding carboxylic acids is 1. The quantitative estimate of drug-likeness (QED) is 0.512. The van der Waals surface area contributed by atoms with Crippen LogP contribution in [0, 0.1) is 0 Å². The molecule has 0 unspecified atom stereocenters. The van der Waals surface area contributed by atoms with Crippen LogP contribution in [-0.4, -0.2) is 68.3 Å². The summed E-state index contributed by atoms with van der Waals surface area (Å²) in [6.07, 6.45) is 5.08. The number of benzene rings is 2. The van der Waals surface area contributed by atoms with Gasteiger partial charge in [-0.15, -0.1) is 0 Å². The molecule has 2 fully saturated rings. The summed E-state index contributed by atoms with van der Waals surface area (Å²) in [5.74, 6) is 0.908.